The Kier molecular flexibility index (Phi) is 3.17. The molecule has 5 aliphatic carbocycles. The van der Waals surface area contributed by atoms with Gasteiger partial charge < -0.3 is 0 Å². The van der Waals surface area contributed by atoms with E-state index in [0.717, 1.165) is 17.8 Å². The number of benzene rings is 1. The molecular formula is C22H24S. The van der Waals surface area contributed by atoms with Gasteiger partial charge in [0.2, 0.25) is 0 Å². The molecule has 0 unspecified atom stereocenters. The van der Waals surface area contributed by atoms with E-state index in [4.69, 9.17) is 12.6 Å². The van der Waals surface area contributed by atoms with E-state index >= 15 is 0 Å². The van der Waals surface area contributed by atoms with E-state index in [2.05, 4.69) is 48.6 Å². The average molecular weight is 321 g/mol. The van der Waals surface area contributed by atoms with Crippen molar-refractivity contribution < 1.29 is 0 Å². The van der Waals surface area contributed by atoms with Crippen molar-refractivity contribution >= 4 is 18.2 Å². The Hall–Kier alpha value is -1.21. The molecule has 23 heavy (non-hydrogen) atoms. The molecule has 0 N–H and O–H groups in total. The second-order valence-corrected chi connectivity index (χ2v) is 8.71. The van der Waals surface area contributed by atoms with Crippen molar-refractivity contribution in [1.82, 2.24) is 0 Å². The van der Waals surface area contributed by atoms with Gasteiger partial charge in [0.1, 0.15) is 0 Å². The predicted molar refractivity (Wildman–Crippen MR) is 100 cm³/mol. The van der Waals surface area contributed by atoms with Crippen molar-refractivity contribution in [2.45, 2.75) is 38.5 Å². The normalized spacial score (nSPS) is 39.7. The lowest BCUT2D eigenvalue weighted by molar-refractivity contribution is -0.0259. The SMILES string of the molecule is S/C(=C1/C=CC=C1c1ccccc1)C12CC3CC(CC(C3)C1)C2. The molecule has 0 atom stereocenters. The monoisotopic (exact) mass is 320 g/mol. The molecular weight excluding hydrogens is 296 g/mol. The molecule has 6 rings (SSSR count). The summed E-state index contributed by atoms with van der Waals surface area (Å²) in [5.41, 5.74) is 4.46. The number of rotatable bonds is 2. The summed E-state index contributed by atoms with van der Waals surface area (Å²) in [6.07, 6.45) is 15.4. The highest BCUT2D eigenvalue weighted by Gasteiger charge is 2.52. The minimum atomic E-state index is 0.385. The van der Waals surface area contributed by atoms with Crippen LogP contribution in [0.15, 0.2) is 59.0 Å². The van der Waals surface area contributed by atoms with Crippen LogP contribution in [-0.4, -0.2) is 0 Å². The first-order valence-electron chi connectivity index (χ1n) is 9.11. The standard InChI is InChI=1S/C22H24S/c23-21(20-8-4-7-19(20)18-5-2-1-3-6-18)22-12-15-9-16(13-22)11-17(10-15)14-22/h1-8,15-17,23H,9-14H2/b21-20-. The van der Waals surface area contributed by atoms with Gasteiger partial charge in [0.05, 0.1) is 0 Å². The first-order chi connectivity index (χ1) is 11.2. The van der Waals surface area contributed by atoms with E-state index in [0.29, 0.717) is 5.41 Å². The fraction of sp³-hybridized carbons (Fsp3) is 0.455. The van der Waals surface area contributed by atoms with Gasteiger partial charge in [-0.2, -0.15) is 0 Å². The van der Waals surface area contributed by atoms with E-state index in [1.54, 1.807) is 0 Å². The third-order valence-corrected chi connectivity index (χ3v) is 7.41. The van der Waals surface area contributed by atoms with E-state index in [9.17, 15) is 0 Å². The summed E-state index contributed by atoms with van der Waals surface area (Å²) in [5.74, 6) is 2.91. The lowest BCUT2D eigenvalue weighted by atomic mass is 9.49. The number of thiol groups is 1. The lowest BCUT2D eigenvalue weighted by Crippen LogP contribution is -2.46. The predicted octanol–water partition coefficient (Wildman–Crippen LogP) is 6.04. The van der Waals surface area contributed by atoms with Crippen molar-refractivity contribution in [1.29, 1.82) is 0 Å². The van der Waals surface area contributed by atoms with E-state index in [1.165, 1.54) is 60.1 Å². The minimum Gasteiger partial charge on any atom is -0.147 e. The molecule has 0 spiro atoms. The van der Waals surface area contributed by atoms with Crippen LogP contribution in [0.3, 0.4) is 0 Å². The summed E-state index contributed by atoms with van der Waals surface area (Å²) in [6.45, 7) is 0. The van der Waals surface area contributed by atoms with Gasteiger partial charge in [0, 0.05) is 5.41 Å². The van der Waals surface area contributed by atoms with Crippen LogP contribution in [0, 0.1) is 23.2 Å². The molecule has 1 heteroatoms. The molecule has 118 valence electrons. The van der Waals surface area contributed by atoms with Crippen molar-refractivity contribution in [3.05, 3.63) is 64.6 Å². The zero-order valence-corrected chi connectivity index (χ0v) is 14.4. The third kappa shape index (κ3) is 2.20. The van der Waals surface area contributed by atoms with Crippen LogP contribution in [0.4, 0.5) is 0 Å². The maximum Gasteiger partial charge on any atom is 0.00243 e. The van der Waals surface area contributed by atoms with E-state index in [1.807, 2.05) is 0 Å². The molecule has 0 nitrogen and oxygen atoms in total. The number of hydrogen-bond donors (Lipinski definition) is 1. The first-order valence-corrected chi connectivity index (χ1v) is 9.56. The molecule has 5 aliphatic rings. The summed E-state index contributed by atoms with van der Waals surface area (Å²) >= 11 is 5.17. The average Bonchev–Trinajstić information content (AvgIpc) is 3.03. The quantitative estimate of drug-likeness (QED) is 0.631. The maximum absolute atomic E-state index is 5.17. The fourth-order valence-electron chi connectivity index (χ4n) is 6.18. The molecule has 4 bridgehead atoms. The second-order valence-electron chi connectivity index (χ2n) is 8.27. The van der Waals surface area contributed by atoms with Gasteiger partial charge >= 0.3 is 0 Å². The largest absolute Gasteiger partial charge is 0.147 e. The molecule has 0 heterocycles. The van der Waals surface area contributed by atoms with Gasteiger partial charge in [-0.3, -0.25) is 0 Å². The Bertz CT molecular complexity index is 684. The van der Waals surface area contributed by atoms with Gasteiger partial charge in [-0.15, -0.1) is 12.6 Å². The molecule has 4 fully saturated rings. The third-order valence-electron chi connectivity index (χ3n) is 6.70. The van der Waals surface area contributed by atoms with Gasteiger partial charge in [-0.1, -0.05) is 48.6 Å². The number of hydrogen-bond acceptors (Lipinski definition) is 1. The summed E-state index contributed by atoms with van der Waals surface area (Å²) in [6, 6.07) is 10.8. The van der Waals surface area contributed by atoms with E-state index in [-0.39, 0.29) is 0 Å². The maximum atomic E-state index is 5.17. The lowest BCUT2D eigenvalue weighted by Gasteiger charge is -2.57. The van der Waals surface area contributed by atoms with Crippen molar-refractivity contribution in [2.24, 2.45) is 23.2 Å². The highest BCUT2D eigenvalue weighted by Crippen LogP contribution is 2.64. The van der Waals surface area contributed by atoms with Crippen molar-refractivity contribution in [2.75, 3.05) is 0 Å². The molecule has 0 aromatic heterocycles. The zero-order chi connectivity index (χ0) is 15.4. The molecule has 0 radical (unpaired) electrons. The fourth-order valence-corrected chi connectivity index (χ4v) is 6.65. The first kappa shape index (κ1) is 14.2. The van der Waals surface area contributed by atoms with Crippen LogP contribution in [-0.2, 0) is 0 Å². The molecule has 0 amide bonds. The summed E-state index contributed by atoms with van der Waals surface area (Å²) in [7, 11) is 0. The minimum absolute atomic E-state index is 0.385. The highest BCUT2D eigenvalue weighted by atomic mass is 32.1. The smallest absolute Gasteiger partial charge is 0.00243 e. The van der Waals surface area contributed by atoms with Crippen molar-refractivity contribution in [3.63, 3.8) is 0 Å². The molecule has 0 aliphatic heterocycles. The Morgan fingerprint density at radius 2 is 1.52 bits per heavy atom. The van der Waals surface area contributed by atoms with Crippen LogP contribution in [0.1, 0.15) is 44.1 Å². The molecule has 0 saturated heterocycles. The van der Waals surface area contributed by atoms with Crippen LogP contribution < -0.4 is 0 Å². The topological polar surface area (TPSA) is 0 Å². The Morgan fingerprint density at radius 1 is 0.913 bits per heavy atom. The van der Waals surface area contributed by atoms with Crippen LogP contribution in [0.25, 0.3) is 5.57 Å². The van der Waals surface area contributed by atoms with Crippen LogP contribution >= 0.6 is 12.6 Å². The van der Waals surface area contributed by atoms with Crippen LogP contribution in [0.5, 0.6) is 0 Å². The van der Waals surface area contributed by atoms with Gasteiger partial charge in [0.15, 0.2) is 0 Å². The molecule has 4 saturated carbocycles. The molecule has 1 aromatic rings. The Balaban J connectivity index is 1.56. The van der Waals surface area contributed by atoms with E-state index < -0.39 is 0 Å². The van der Waals surface area contributed by atoms with Crippen LogP contribution in [0.2, 0.25) is 0 Å². The number of allylic oxidation sites excluding steroid dienone is 6. The summed E-state index contributed by atoms with van der Waals surface area (Å²) in [5, 5.41) is 0. The second kappa shape index (κ2) is 5.14. The Labute approximate surface area is 144 Å². The summed E-state index contributed by atoms with van der Waals surface area (Å²) < 4.78 is 0. The van der Waals surface area contributed by atoms with Crippen molar-refractivity contribution in [3.8, 4) is 0 Å². The Morgan fingerprint density at radius 3 is 2.13 bits per heavy atom. The zero-order valence-electron chi connectivity index (χ0n) is 13.5. The molecule has 1 aromatic carbocycles. The summed E-state index contributed by atoms with van der Waals surface area (Å²) in [4.78, 5) is 1.39. The highest BCUT2D eigenvalue weighted by molar-refractivity contribution is 7.84. The van der Waals surface area contributed by atoms with Gasteiger partial charge in [-0.05, 0) is 77.9 Å². The van der Waals surface area contributed by atoms with Gasteiger partial charge in [0.25, 0.3) is 0 Å². The van der Waals surface area contributed by atoms with Gasteiger partial charge in [-0.25, -0.2) is 0 Å².